The highest BCUT2D eigenvalue weighted by molar-refractivity contribution is 7.19. The van der Waals surface area contributed by atoms with Gasteiger partial charge in [-0.25, -0.2) is 0 Å². The van der Waals surface area contributed by atoms with E-state index in [1.807, 2.05) is 0 Å². The molecule has 0 unspecified atom stereocenters. The normalized spacial score (nSPS) is 11.1. The molecule has 0 saturated carbocycles. The third-order valence-corrected chi connectivity index (χ3v) is 8.80. The minimum absolute atomic E-state index is 1.12. The van der Waals surface area contributed by atoms with Crippen molar-refractivity contribution in [1.29, 1.82) is 0 Å². The summed E-state index contributed by atoms with van der Waals surface area (Å²) < 4.78 is 0. The SMILES string of the molecule is CCCCCCCCCCCCCCCC[NH3+].c1ccc([B-](c2ccccc2)(c2ccccc2)c2ccccc2)cc1. The van der Waals surface area contributed by atoms with Gasteiger partial charge in [0.05, 0.1) is 6.54 Å². The molecule has 0 aliphatic heterocycles. The van der Waals surface area contributed by atoms with Crippen LogP contribution in [0.15, 0.2) is 121 Å². The van der Waals surface area contributed by atoms with Crippen molar-refractivity contribution >= 4 is 28.0 Å². The van der Waals surface area contributed by atoms with Gasteiger partial charge in [-0.05, 0) is 12.8 Å². The third kappa shape index (κ3) is 10.6. The monoisotopic (exact) mass is 561 g/mol. The minimum Gasteiger partial charge on any atom is -0.358 e. The van der Waals surface area contributed by atoms with Crippen molar-refractivity contribution in [2.75, 3.05) is 6.54 Å². The largest absolute Gasteiger partial charge is 0.358 e. The summed E-state index contributed by atoms with van der Waals surface area (Å²) in [6.07, 6.45) is 19.0. The van der Waals surface area contributed by atoms with Crippen LogP contribution >= 0.6 is 0 Å². The van der Waals surface area contributed by atoms with Gasteiger partial charge in [0.1, 0.15) is 6.15 Å². The van der Waals surface area contributed by atoms with E-state index < -0.39 is 6.15 Å². The maximum Gasteiger partial charge on any atom is 0.108 e. The Labute approximate surface area is 257 Å². The van der Waals surface area contributed by atoms with Crippen LogP contribution in [0.2, 0.25) is 0 Å². The van der Waals surface area contributed by atoms with Crippen LogP contribution in [0.1, 0.15) is 96.8 Å². The Bertz CT molecular complexity index is 984. The number of hydrogen-bond acceptors (Lipinski definition) is 0. The highest BCUT2D eigenvalue weighted by atomic mass is 14.5. The van der Waals surface area contributed by atoms with Crippen molar-refractivity contribution in [1.82, 2.24) is 0 Å². The summed E-state index contributed by atoms with van der Waals surface area (Å²) in [5, 5.41) is 0. The van der Waals surface area contributed by atoms with E-state index in [1.165, 1.54) is 112 Å². The lowest BCUT2D eigenvalue weighted by atomic mass is 9.13. The van der Waals surface area contributed by atoms with Gasteiger partial charge in [-0.1, -0.05) is 205 Å². The van der Waals surface area contributed by atoms with Gasteiger partial charge in [0.15, 0.2) is 0 Å². The zero-order chi connectivity index (χ0) is 29.6. The van der Waals surface area contributed by atoms with Crippen LogP contribution in [-0.4, -0.2) is 12.7 Å². The molecule has 0 spiro atoms. The highest BCUT2D eigenvalue weighted by Crippen LogP contribution is 2.13. The minimum atomic E-state index is -1.22. The van der Waals surface area contributed by atoms with Crippen molar-refractivity contribution in [2.45, 2.75) is 96.8 Å². The molecule has 3 N–H and O–H groups in total. The summed E-state index contributed by atoms with van der Waals surface area (Å²) >= 11 is 0. The second-order valence-corrected chi connectivity index (χ2v) is 12.0. The van der Waals surface area contributed by atoms with Crippen molar-refractivity contribution in [3.63, 3.8) is 0 Å². The molecule has 0 heterocycles. The molecule has 2 heteroatoms. The van der Waals surface area contributed by atoms with Gasteiger partial charge in [0.2, 0.25) is 0 Å². The summed E-state index contributed by atoms with van der Waals surface area (Å²) in [7, 11) is 0. The van der Waals surface area contributed by atoms with E-state index in [2.05, 4.69) is 134 Å². The van der Waals surface area contributed by atoms with Gasteiger partial charge in [0.25, 0.3) is 0 Å². The first-order chi connectivity index (χ1) is 20.8. The van der Waals surface area contributed by atoms with E-state index in [9.17, 15) is 0 Å². The lowest BCUT2D eigenvalue weighted by Gasteiger charge is -2.44. The van der Waals surface area contributed by atoms with Gasteiger partial charge in [-0.3, -0.25) is 0 Å². The average molecular weight is 562 g/mol. The molecule has 0 radical (unpaired) electrons. The van der Waals surface area contributed by atoms with Crippen molar-refractivity contribution < 1.29 is 5.73 Å². The molecule has 0 amide bonds. The van der Waals surface area contributed by atoms with Crippen LogP contribution in [0.5, 0.6) is 0 Å². The topological polar surface area (TPSA) is 27.6 Å². The molecule has 0 saturated heterocycles. The Kier molecular flexibility index (Phi) is 16.5. The first-order valence-electron chi connectivity index (χ1n) is 17.0. The molecular weight excluding hydrogens is 505 g/mol. The van der Waals surface area contributed by atoms with Crippen LogP contribution in [0.4, 0.5) is 0 Å². The summed E-state index contributed by atoms with van der Waals surface area (Å²) in [5.41, 5.74) is 9.24. The van der Waals surface area contributed by atoms with Crippen LogP contribution in [0.3, 0.4) is 0 Å². The molecule has 0 aliphatic rings. The van der Waals surface area contributed by atoms with E-state index in [0.717, 1.165) is 6.54 Å². The number of rotatable bonds is 18. The predicted octanol–water partition coefficient (Wildman–Crippen LogP) is 7.77. The zero-order valence-electron chi connectivity index (χ0n) is 26.4. The molecule has 4 aromatic rings. The molecule has 1 nitrogen and oxygen atoms in total. The van der Waals surface area contributed by atoms with Crippen molar-refractivity contribution in [2.24, 2.45) is 0 Å². The fourth-order valence-electron chi connectivity index (χ4n) is 6.49. The molecular formula is C40H56BN. The fourth-order valence-corrected chi connectivity index (χ4v) is 6.49. The Hall–Kier alpha value is -3.10. The van der Waals surface area contributed by atoms with E-state index in [4.69, 9.17) is 0 Å². The second kappa shape index (κ2) is 20.7. The maximum absolute atomic E-state index is 3.88. The molecule has 42 heavy (non-hydrogen) atoms. The molecule has 0 aromatic heterocycles. The molecule has 0 aliphatic carbocycles. The van der Waals surface area contributed by atoms with Gasteiger partial charge in [-0.15, -0.1) is 0 Å². The summed E-state index contributed by atoms with van der Waals surface area (Å²) in [6, 6.07) is 43.5. The molecule has 4 aromatic carbocycles. The number of hydrogen-bond donors (Lipinski definition) is 1. The Morgan fingerprint density at radius 3 is 0.833 bits per heavy atom. The average Bonchev–Trinajstić information content (AvgIpc) is 3.06. The van der Waals surface area contributed by atoms with Gasteiger partial charge < -0.3 is 5.73 Å². The summed E-state index contributed by atoms with van der Waals surface area (Å²) in [6.45, 7) is 3.41. The van der Waals surface area contributed by atoms with Crippen LogP contribution in [-0.2, 0) is 0 Å². The molecule has 224 valence electrons. The standard InChI is InChI=1S/C24H20B.C16H35N/c1-5-13-21(14-6-1)25(22-15-7-2-8-16-22,23-17-9-3-10-18-23)24-19-11-4-12-20-24;1-2-3-4-5-6-7-8-9-10-11-12-13-14-15-16-17/h1-20H;2-17H2,1H3/q-1;/p+1. The lowest BCUT2D eigenvalue weighted by Crippen LogP contribution is -2.74. The fraction of sp³-hybridized carbons (Fsp3) is 0.400. The van der Waals surface area contributed by atoms with E-state index in [-0.39, 0.29) is 0 Å². The lowest BCUT2D eigenvalue weighted by molar-refractivity contribution is -0.368. The molecule has 4 rings (SSSR count). The van der Waals surface area contributed by atoms with Gasteiger partial charge >= 0.3 is 0 Å². The van der Waals surface area contributed by atoms with Crippen molar-refractivity contribution in [3.8, 4) is 0 Å². The van der Waals surface area contributed by atoms with Crippen molar-refractivity contribution in [3.05, 3.63) is 121 Å². The first kappa shape index (κ1) is 33.4. The zero-order valence-corrected chi connectivity index (χ0v) is 26.4. The smallest absolute Gasteiger partial charge is 0.108 e. The van der Waals surface area contributed by atoms with E-state index >= 15 is 0 Å². The number of quaternary nitrogens is 1. The quantitative estimate of drug-likeness (QED) is 0.0949. The van der Waals surface area contributed by atoms with E-state index in [0.29, 0.717) is 0 Å². The first-order valence-corrected chi connectivity index (χ1v) is 17.0. The Balaban J connectivity index is 0.000000252. The summed E-state index contributed by atoms with van der Waals surface area (Å²) in [4.78, 5) is 0. The number of benzene rings is 4. The molecule has 0 fully saturated rings. The molecule has 0 bridgehead atoms. The maximum atomic E-state index is 3.88. The van der Waals surface area contributed by atoms with Crippen LogP contribution < -0.4 is 27.6 Å². The third-order valence-electron chi connectivity index (χ3n) is 8.80. The second-order valence-electron chi connectivity index (χ2n) is 12.0. The van der Waals surface area contributed by atoms with Gasteiger partial charge in [0, 0.05) is 0 Å². The predicted molar refractivity (Wildman–Crippen MR) is 188 cm³/mol. The number of unbranched alkanes of at least 4 members (excludes halogenated alkanes) is 13. The van der Waals surface area contributed by atoms with E-state index in [1.54, 1.807) is 0 Å². The van der Waals surface area contributed by atoms with Crippen LogP contribution in [0.25, 0.3) is 0 Å². The Morgan fingerprint density at radius 1 is 0.357 bits per heavy atom. The summed E-state index contributed by atoms with van der Waals surface area (Å²) in [5.74, 6) is 0. The molecule has 0 atom stereocenters. The Morgan fingerprint density at radius 2 is 0.595 bits per heavy atom. The highest BCUT2D eigenvalue weighted by Gasteiger charge is 2.31. The van der Waals surface area contributed by atoms with Crippen LogP contribution in [0, 0.1) is 0 Å². The van der Waals surface area contributed by atoms with Gasteiger partial charge in [-0.2, -0.15) is 21.9 Å².